The van der Waals surface area contributed by atoms with Gasteiger partial charge >= 0.3 is 0 Å². The highest BCUT2D eigenvalue weighted by Gasteiger charge is 2.12. The summed E-state index contributed by atoms with van der Waals surface area (Å²) in [6.45, 7) is 3.99. The van der Waals surface area contributed by atoms with Gasteiger partial charge in [0.05, 0.1) is 21.6 Å². The van der Waals surface area contributed by atoms with Crippen LogP contribution in [0.2, 0.25) is 0 Å². The molecule has 0 spiro atoms. The zero-order valence-corrected chi connectivity index (χ0v) is 19.7. The van der Waals surface area contributed by atoms with Crippen molar-refractivity contribution in [2.45, 2.75) is 13.8 Å². The third-order valence-electron chi connectivity index (χ3n) is 5.23. The molecule has 0 unspecified atom stereocenters. The number of non-ortho nitro benzene ring substituents is 1. The lowest BCUT2D eigenvalue weighted by atomic mass is 10.1. The van der Waals surface area contributed by atoms with Crippen LogP contribution in [0.4, 0.5) is 40.6 Å². The molecule has 1 aromatic heterocycles. The Morgan fingerprint density at radius 3 is 2.03 bits per heavy atom. The fourth-order valence-corrected chi connectivity index (χ4v) is 3.20. The molecule has 186 valence electrons. The van der Waals surface area contributed by atoms with Crippen LogP contribution in [-0.4, -0.2) is 31.0 Å². The predicted octanol–water partition coefficient (Wildman–Crippen LogP) is 5.24. The standard InChI is InChI=1S/C24H21N9O4/c1-15-7-8-19(13-16(15)2)27-23-28-22(26-18-9-11-20(12-10-18)32(34)35)29-24(30-23)31-25-14-17-5-3-4-6-21(17)33(36)37/h3-14H,1-2H3,(H3,26,27,28,29,30,31)/b25-14-. The van der Waals surface area contributed by atoms with Gasteiger partial charge in [-0.1, -0.05) is 18.2 Å². The molecule has 0 radical (unpaired) electrons. The van der Waals surface area contributed by atoms with Crippen molar-refractivity contribution in [1.82, 2.24) is 15.0 Å². The Kier molecular flexibility index (Phi) is 7.24. The molecule has 37 heavy (non-hydrogen) atoms. The lowest BCUT2D eigenvalue weighted by Crippen LogP contribution is -2.07. The number of hydrogen-bond acceptors (Lipinski definition) is 11. The van der Waals surface area contributed by atoms with Gasteiger partial charge in [0.15, 0.2) is 0 Å². The van der Waals surface area contributed by atoms with E-state index in [1.165, 1.54) is 36.5 Å². The van der Waals surface area contributed by atoms with Gasteiger partial charge in [-0.25, -0.2) is 5.43 Å². The number of aromatic nitrogens is 3. The second-order valence-electron chi connectivity index (χ2n) is 7.85. The SMILES string of the molecule is Cc1ccc(Nc2nc(N/N=C\c3ccccc3[N+](=O)[O-])nc(Nc3ccc([N+](=O)[O-])cc3)n2)cc1C. The third kappa shape index (κ3) is 6.36. The van der Waals surface area contributed by atoms with Gasteiger partial charge in [0.1, 0.15) is 0 Å². The molecule has 0 atom stereocenters. The van der Waals surface area contributed by atoms with E-state index in [2.05, 4.69) is 36.1 Å². The number of nitrogens with one attached hydrogen (secondary N) is 3. The molecule has 4 aromatic rings. The Bertz CT molecular complexity index is 1490. The number of hydrogen-bond donors (Lipinski definition) is 3. The van der Waals surface area contributed by atoms with E-state index in [9.17, 15) is 20.2 Å². The number of hydrazone groups is 1. The average Bonchev–Trinajstić information content (AvgIpc) is 2.87. The van der Waals surface area contributed by atoms with E-state index in [-0.39, 0.29) is 29.2 Å². The van der Waals surface area contributed by atoms with E-state index in [0.717, 1.165) is 16.8 Å². The summed E-state index contributed by atoms with van der Waals surface area (Å²) in [5, 5.41) is 32.3. The van der Waals surface area contributed by atoms with Crippen LogP contribution in [0.3, 0.4) is 0 Å². The van der Waals surface area contributed by atoms with Gasteiger partial charge in [-0.3, -0.25) is 20.2 Å². The van der Waals surface area contributed by atoms with E-state index in [0.29, 0.717) is 11.3 Å². The average molecular weight is 499 g/mol. The van der Waals surface area contributed by atoms with Crippen molar-refractivity contribution in [3.05, 3.63) is 104 Å². The number of benzene rings is 3. The summed E-state index contributed by atoms with van der Waals surface area (Å²) in [5.41, 5.74) is 6.31. The monoisotopic (exact) mass is 499 g/mol. The topological polar surface area (TPSA) is 173 Å². The summed E-state index contributed by atoms with van der Waals surface area (Å²) in [4.78, 5) is 34.2. The van der Waals surface area contributed by atoms with Gasteiger partial charge in [0.25, 0.3) is 11.4 Å². The van der Waals surface area contributed by atoms with Crippen LogP contribution in [0.15, 0.2) is 71.8 Å². The van der Waals surface area contributed by atoms with Gasteiger partial charge in [-0.15, -0.1) is 0 Å². The number of nitro groups is 2. The van der Waals surface area contributed by atoms with Crippen LogP contribution in [-0.2, 0) is 0 Å². The Labute approximate surface area is 210 Å². The Hall–Kier alpha value is -5.46. The third-order valence-corrected chi connectivity index (χ3v) is 5.23. The van der Waals surface area contributed by atoms with Gasteiger partial charge in [-0.2, -0.15) is 20.1 Å². The van der Waals surface area contributed by atoms with E-state index in [4.69, 9.17) is 0 Å². The molecular formula is C24H21N9O4. The van der Waals surface area contributed by atoms with Crippen LogP contribution >= 0.6 is 0 Å². The summed E-state index contributed by atoms with van der Waals surface area (Å²) in [7, 11) is 0. The Balaban J connectivity index is 1.62. The van der Waals surface area contributed by atoms with Crippen molar-refractivity contribution in [2.24, 2.45) is 5.10 Å². The largest absolute Gasteiger partial charge is 0.324 e. The Morgan fingerprint density at radius 1 is 0.757 bits per heavy atom. The Morgan fingerprint density at radius 2 is 1.38 bits per heavy atom. The molecule has 0 saturated heterocycles. The van der Waals surface area contributed by atoms with Crippen molar-refractivity contribution in [3.8, 4) is 0 Å². The first-order valence-electron chi connectivity index (χ1n) is 10.9. The maximum Gasteiger partial charge on any atom is 0.278 e. The number of rotatable bonds is 9. The van der Waals surface area contributed by atoms with Crippen molar-refractivity contribution < 1.29 is 9.85 Å². The lowest BCUT2D eigenvalue weighted by molar-refractivity contribution is -0.385. The first kappa shape index (κ1) is 24.7. The second-order valence-corrected chi connectivity index (χ2v) is 7.85. The lowest BCUT2D eigenvalue weighted by Gasteiger charge is -2.11. The van der Waals surface area contributed by atoms with Gasteiger partial charge in [0.2, 0.25) is 17.8 Å². The molecule has 4 rings (SSSR count). The highest BCUT2D eigenvalue weighted by atomic mass is 16.6. The summed E-state index contributed by atoms with van der Waals surface area (Å²) < 4.78 is 0. The smallest absolute Gasteiger partial charge is 0.278 e. The van der Waals surface area contributed by atoms with Crippen molar-refractivity contribution >= 4 is 46.8 Å². The molecule has 13 nitrogen and oxygen atoms in total. The number of anilines is 5. The minimum absolute atomic E-state index is 0.0509. The first-order valence-corrected chi connectivity index (χ1v) is 10.9. The van der Waals surface area contributed by atoms with E-state index in [1.54, 1.807) is 18.2 Å². The number of aryl methyl sites for hydroxylation is 2. The van der Waals surface area contributed by atoms with E-state index >= 15 is 0 Å². The molecule has 3 aromatic carbocycles. The summed E-state index contributed by atoms with van der Waals surface area (Å²) in [5.74, 6) is 0.394. The second kappa shape index (κ2) is 10.9. The molecule has 1 heterocycles. The van der Waals surface area contributed by atoms with Gasteiger partial charge in [0, 0.05) is 29.6 Å². The zero-order valence-electron chi connectivity index (χ0n) is 19.7. The van der Waals surface area contributed by atoms with Gasteiger partial charge < -0.3 is 10.6 Å². The van der Waals surface area contributed by atoms with Crippen LogP contribution in [0.1, 0.15) is 16.7 Å². The number of nitro benzene ring substituents is 2. The maximum atomic E-state index is 11.2. The molecule has 0 bridgehead atoms. The van der Waals surface area contributed by atoms with Crippen molar-refractivity contribution in [2.75, 3.05) is 16.1 Å². The van der Waals surface area contributed by atoms with Crippen molar-refractivity contribution in [3.63, 3.8) is 0 Å². The summed E-state index contributed by atoms with van der Waals surface area (Å²) >= 11 is 0. The normalized spacial score (nSPS) is 10.8. The molecule has 0 amide bonds. The highest BCUT2D eigenvalue weighted by Crippen LogP contribution is 2.22. The van der Waals surface area contributed by atoms with Crippen LogP contribution in [0.5, 0.6) is 0 Å². The fraction of sp³-hybridized carbons (Fsp3) is 0.0833. The highest BCUT2D eigenvalue weighted by molar-refractivity contribution is 5.85. The molecule has 3 N–H and O–H groups in total. The predicted molar refractivity (Wildman–Crippen MR) is 140 cm³/mol. The molecule has 13 heteroatoms. The molecule has 0 fully saturated rings. The van der Waals surface area contributed by atoms with E-state index in [1.807, 2.05) is 32.0 Å². The van der Waals surface area contributed by atoms with Gasteiger partial charge in [-0.05, 0) is 55.3 Å². The number of nitrogens with zero attached hydrogens (tertiary/aromatic N) is 6. The minimum atomic E-state index is -0.498. The molecule has 0 aliphatic carbocycles. The fourth-order valence-electron chi connectivity index (χ4n) is 3.20. The molecule has 0 aliphatic rings. The maximum absolute atomic E-state index is 11.2. The molecule has 0 aliphatic heterocycles. The van der Waals surface area contributed by atoms with Crippen molar-refractivity contribution in [1.29, 1.82) is 0 Å². The van der Waals surface area contributed by atoms with Crippen LogP contribution in [0.25, 0.3) is 0 Å². The zero-order chi connectivity index (χ0) is 26.4. The van der Waals surface area contributed by atoms with Crippen LogP contribution < -0.4 is 16.1 Å². The molecular weight excluding hydrogens is 478 g/mol. The van der Waals surface area contributed by atoms with Crippen LogP contribution in [0, 0.1) is 34.1 Å². The first-order chi connectivity index (χ1) is 17.8. The summed E-state index contributed by atoms with van der Waals surface area (Å²) in [6, 6.07) is 17.7. The summed E-state index contributed by atoms with van der Waals surface area (Å²) in [6.07, 6.45) is 1.29. The minimum Gasteiger partial charge on any atom is -0.324 e. The van der Waals surface area contributed by atoms with E-state index < -0.39 is 9.85 Å². The molecule has 0 saturated carbocycles. The number of para-hydroxylation sites is 1. The quantitative estimate of drug-likeness (QED) is 0.157.